The SMILES string of the molecule is CC(C)C.CCNC(=O)c1ccc2c(c1)N(C)CC(=O)N2C(=O)C1CCCC(C)C1.CN. The molecule has 2 aliphatic rings. The molecule has 1 aliphatic carbocycles. The van der Waals surface area contributed by atoms with Crippen molar-refractivity contribution in [2.45, 2.75) is 60.3 Å². The summed E-state index contributed by atoms with van der Waals surface area (Å²) in [7, 11) is 3.31. The van der Waals surface area contributed by atoms with E-state index in [1.54, 1.807) is 23.1 Å². The summed E-state index contributed by atoms with van der Waals surface area (Å²) in [6, 6.07) is 5.16. The number of hydrogen-bond donors (Lipinski definition) is 2. The molecule has 1 fully saturated rings. The monoisotopic (exact) mass is 446 g/mol. The van der Waals surface area contributed by atoms with Crippen LogP contribution >= 0.6 is 0 Å². The normalized spacial score (nSPS) is 19.8. The number of anilines is 2. The van der Waals surface area contributed by atoms with Crippen LogP contribution < -0.4 is 20.9 Å². The molecule has 1 heterocycles. The Bertz CT molecular complexity index is 776. The number of nitrogens with two attached hydrogens (primary N) is 1. The second kappa shape index (κ2) is 13.2. The molecule has 0 aromatic heterocycles. The summed E-state index contributed by atoms with van der Waals surface area (Å²) in [4.78, 5) is 41.0. The maximum absolute atomic E-state index is 13.1. The minimum absolute atomic E-state index is 0.0953. The third-order valence-electron chi connectivity index (χ3n) is 5.35. The van der Waals surface area contributed by atoms with Gasteiger partial charge in [0.1, 0.15) is 0 Å². The van der Waals surface area contributed by atoms with Gasteiger partial charge in [-0.25, -0.2) is 4.90 Å². The second-order valence-corrected chi connectivity index (χ2v) is 9.19. The van der Waals surface area contributed by atoms with E-state index in [1.165, 1.54) is 11.9 Å². The van der Waals surface area contributed by atoms with E-state index >= 15 is 0 Å². The number of fused-ring (bicyclic) bond motifs is 1. The van der Waals surface area contributed by atoms with Gasteiger partial charge in [-0.3, -0.25) is 14.4 Å². The second-order valence-electron chi connectivity index (χ2n) is 9.19. The van der Waals surface area contributed by atoms with Gasteiger partial charge in [0.15, 0.2) is 0 Å². The topological polar surface area (TPSA) is 95.7 Å². The summed E-state index contributed by atoms with van der Waals surface area (Å²) in [6.07, 6.45) is 3.86. The molecule has 3 amide bonds. The number of amides is 3. The smallest absolute Gasteiger partial charge is 0.253 e. The zero-order valence-electron chi connectivity index (χ0n) is 20.9. The van der Waals surface area contributed by atoms with Crippen LogP contribution in [0.15, 0.2) is 18.2 Å². The predicted molar refractivity (Wildman–Crippen MR) is 132 cm³/mol. The van der Waals surface area contributed by atoms with Crippen LogP contribution in [0.1, 0.15) is 70.7 Å². The average molecular weight is 447 g/mol. The molecule has 7 heteroatoms. The Morgan fingerprint density at radius 1 is 1.16 bits per heavy atom. The number of nitrogens with one attached hydrogen (secondary N) is 1. The van der Waals surface area contributed by atoms with E-state index in [-0.39, 0.29) is 30.2 Å². The summed E-state index contributed by atoms with van der Waals surface area (Å²) >= 11 is 0. The van der Waals surface area contributed by atoms with Gasteiger partial charge in [-0.1, -0.05) is 40.5 Å². The van der Waals surface area contributed by atoms with E-state index in [0.29, 0.717) is 23.7 Å². The Labute approximate surface area is 193 Å². The molecule has 180 valence electrons. The number of nitrogens with zero attached hydrogens (tertiary/aromatic N) is 2. The molecule has 32 heavy (non-hydrogen) atoms. The maximum atomic E-state index is 13.1. The van der Waals surface area contributed by atoms with Gasteiger partial charge in [0, 0.05) is 25.1 Å². The fourth-order valence-electron chi connectivity index (χ4n) is 4.00. The highest BCUT2D eigenvalue weighted by atomic mass is 16.2. The average Bonchev–Trinajstić information content (AvgIpc) is 2.74. The van der Waals surface area contributed by atoms with Gasteiger partial charge in [-0.05, 0) is 56.8 Å². The van der Waals surface area contributed by atoms with Gasteiger partial charge in [-0.2, -0.15) is 0 Å². The van der Waals surface area contributed by atoms with Crippen molar-refractivity contribution in [1.82, 2.24) is 5.32 Å². The van der Waals surface area contributed by atoms with E-state index in [0.717, 1.165) is 37.3 Å². The first kappa shape index (κ1) is 27.6. The molecule has 7 nitrogen and oxygen atoms in total. The van der Waals surface area contributed by atoms with Gasteiger partial charge in [0.25, 0.3) is 11.8 Å². The minimum atomic E-state index is -0.200. The number of imide groups is 1. The number of benzene rings is 1. The standard InChI is InChI=1S/C20H27N3O3.C4H10.CH5N/c1-4-21-19(25)14-8-9-16-17(11-14)22(3)12-18(24)23(16)20(26)15-7-5-6-13(2)10-15;1-4(2)3;1-2/h8-9,11,13,15H,4-7,10,12H2,1-3H3,(H,21,25);4H,1-3H3;2H2,1H3. The van der Waals surface area contributed by atoms with Crippen molar-refractivity contribution >= 4 is 29.1 Å². The van der Waals surface area contributed by atoms with Crippen LogP contribution in [0, 0.1) is 17.8 Å². The first-order chi connectivity index (χ1) is 15.1. The molecule has 0 bridgehead atoms. The van der Waals surface area contributed by atoms with E-state index in [4.69, 9.17) is 0 Å². The van der Waals surface area contributed by atoms with Crippen molar-refractivity contribution in [3.05, 3.63) is 23.8 Å². The Morgan fingerprint density at radius 3 is 2.34 bits per heavy atom. The lowest BCUT2D eigenvalue weighted by Gasteiger charge is -2.37. The molecule has 1 aromatic rings. The molecule has 1 saturated carbocycles. The number of likely N-dealkylation sites (N-methyl/N-ethyl adjacent to an activating group) is 1. The Hall–Kier alpha value is -2.41. The predicted octanol–water partition coefficient (Wildman–Crippen LogP) is 3.81. The van der Waals surface area contributed by atoms with Gasteiger partial charge < -0.3 is 16.0 Å². The Balaban J connectivity index is 0.000000769. The van der Waals surface area contributed by atoms with E-state index in [2.05, 4.69) is 38.7 Å². The highest BCUT2D eigenvalue weighted by Gasteiger charge is 2.37. The third kappa shape index (κ3) is 7.33. The van der Waals surface area contributed by atoms with Crippen molar-refractivity contribution in [3.63, 3.8) is 0 Å². The highest BCUT2D eigenvalue weighted by molar-refractivity contribution is 6.20. The molecule has 1 aliphatic heterocycles. The summed E-state index contributed by atoms with van der Waals surface area (Å²) in [5.74, 6) is 0.803. The lowest BCUT2D eigenvalue weighted by molar-refractivity contribution is -0.129. The zero-order chi connectivity index (χ0) is 24.4. The Kier molecular flexibility index (Phi) is 11.4. The molecule has 3 N–H and O–H groups in total. The molecule has 2 atom stereocenters. The van der Waals surface area contributed by atoms with Crippen molar-refractivity contribution in [2.24, 2.45) is 23.5 Å². The molecule has 0 spiro atoms. The number of hydrogen-bond acceptors (Lipinski definition) is 5. The number of carbonyl (C=O) groups excluding carboxylic acids is 3. The van der Waals surface area contributed by atoms with Crippen LogP contribution in [0.3, 0.4) is 0 Å². The zero-order valence-corrected chi connectivity index (χ0v) is 20.9. The minimum Gasteiger partial charge on any atom is -0.364 e. The maximum Gasteiger partial charge on any atom is 0.253 e. The molecule has 0 saturated heterocycles. The van der Waals surface area contributed by atoms with Crippen LogP contribution in [0.2, 0.25) is 0 Å². The molecular weight excluding hydrogens is 404 g/mol. The Morgan fingerprint density at radius 2 is 1.78 bits per heavy atom. The fourth-order valence-corrected chi connectivity index (χ4v) is 4.00. The quantitative estimate of drug-likeness (QED) is 0.689. The summed E-state index contributed by atoms with van der Waals surface area (Å²) in [5, 5.41) is 2.78. The van der Waals surface area contributed by atoms with Crippen LogP contribution in [0.5, 0.6) is 0 Å². The first-order valence-electron chi connectivity index (χ1n) is 11.7. The van der Waals surface area contributed by atoms with E-state index < -0.39 is 0 Å². The molecule has 2 unspecified atom stereocenters. The van der Waals surface area contributed by atoms with Crippen LogP contribution in [-0.2, 0) is 9.59 Å². The summed E-state index contributed by atoms with van der Waals surface area (Å²) in [5.41, 5.74) is 6.36. The highest BCUT2D eigenvalue weighted by Crippen LogP contribution is 2.37. The van der Waals surface area contributed by atoms with Crippen molar-refractivity contribution in [1.29, 1.82) is 0 Å². The van der Waals surface area contributed by atoms with Crippen molar-refractivity contribution < 1.29 is 14.4 Å². The third-order valence-corrected chi connectivity index (χ3v) is 5.35. The van der Waals surface area contributed by atoms with Gasteiger partial charge in [0.05, 0.1) is 17.9 Å². The van der Waals surface area contributed by atoms with Gasteiger partial charge in [0.2, 0.25) is 5.91 Å². The summed E-state index contributed by atoms with van der Waals surface area (Å²) < 4.78 is 0. The largest absolute Gasteiger partial charge is 0.364 e. The van der Waals surface area contributed by atoms with Crippen LogP contribution in [0.4, 0.5) is 11.4 Å². The number of carbonyl (C=O) groups is 3. The van der Waals surface area contributed by atoms with E-state index in [1.807, 2.05) is 14.0 Å². The van der Waals surface area contributed by atoms with Crippen molar-refractivity contribution in [3.8, 4) is 0 Å². The first-order valence-corrected chi connectivity index (χ1v) is 11.7. The van der Waals surface area contributed by atoms with Crippen LogP contribution in [0.25, 0.3) is 0 Å². The molecule has 1 aromatic carbocycles. The van der Waals surface area contributed by atoms with E-state index in [9.17, 15) is 14.4 Å². The van der Waals surface area contributed by atoms with Crippen molar-refractivity contribution in [2.75, 3.05) is 37.0 Å². The lowest BCUT2D eigenvalue weighted by Crippen LogP contribution is -2.50. The van der Waals surface area contributed by atoms with Gasteiger partial charge in [-0.15, -0.1) is 0 Å². The van der Waals surface area contributed by atoms with Gasteiger partial charge >= 0.3 is 0 Å². The summed E-state index contributed by atoms with van der Waals surface area (Å²) in [6.45, 7) is 11.2. The lowest BCUT2D eigenvalue weighted by atomic mass is 9.81. The molecular formula is C25H42N4O3. The van der Waals surface area contributed by atoms with Crippen LogP contribution in [-0.4, -0.2) is 44.9 Å². The fraction of sp³-hybridized carbons (Fsp3) is 0.640. The molecule has 0 radical (unpaired) electrons. The molecule has 3 rings (SSSR count). The number of rotatable bonds is 3.